The fourth-order valence-electron chi connectivity index (χ4n) is 2.91. The van der Waals surface area contributed by atoms with E-state index in [1.165, 1.54) is 6.33 Å². The van der Waals surface area contributed by atoms with E-state index in [9.17, 15) is 0 Å². The Labute approximate surface area is 179 Å². The minimum absolute atomic E-state index is 0. The second kappa shape index (κ2) is 8.55. The molecule has 0 aliphatic heterocycles. The van der Waals surface area contributed by atoms with Crippen molar-refractivity contribution in [3.05, 3.63) is 71.2 Å². The van der Waals surface area contributed by atoms with Crippen molar-refractivity contribution in [1.29, 1.82) is 0 Å². The van der Waals surface area contributed by atoms with Crippen LogP contribution in [0.25, 0.3) is 16.7 Å². The number of halogens is 2. The van der Waals surface area contributed by atoms with Gasteiger partial charge in [0.15, 0.2) is 5.82 Å². The molecule has 1 N–H and O–H groups in total. The van der Waals surface area contributed by atoms with Crippen LogP contribution < -0.4 is 5.43 Å². The molecule has 0 radical (unpaired) electrons. The van der Waals surface area contributed by atoms with Gasteiger partial charge in [-0.3, -0.25) is 9.99 Å². The van der Waals surface area contributed by atoms with Crippen molar-refractivity contribution in [1.82, 2.24) is 24.5 Å². The van der Waals surface area contributed by atoms with Gasteiger partial charge in [-0.2, -0.15) is 5.10 Å². The molecule has 148 valence electrons. The molecule has 4 rings (SSSR count). The topological polar surface area (TPSA) is 80.9 Å². The molecule has 4 aromatic rings. The van der Waals surface area contributed by atoms with Gasteiger partial charge in [0.05, 0.1) is 16.9 Å². The Balaban J connectivity index is 0.00000240. The number of fused-ring (bicyclic) bond motifs is 1. The van der Waals surface area contributed by atoms with E-state index in [2.05, 4.69) is 30.5 Å². The highest BCUT2D eigenvalue weighted by Crippen LogP contribution is 2.22. The van der Waals surface area contributed by atoms with Crippen LogP contribution in [0, 0.1) is 13.8 Å². The number of nitrogens with one attached hydrogen (secondary N) is 1. The zero-order chi connectivity index (χ0) is 19.7. The molecule has 0 atom stereocenters. The van der Waals surface area contributed by atoms with Crippen molar-refractivity contribution in [2.24, 2.45) is 5.10 Å². The molecule has 1 aromatic carbocycles. The van der Waals surface area contributed by atoms with Gasteiger partial charge >= 0.3 is 0 Å². The average Bonchev–Trinajstić information content (AvgIpc) is 3.04. The van der Waals surface area contributed by atoms with E-state index >= 15 is 0 Å². The zero-order valence-corrected chi connectivity index (χ0v) is 17.7. The fourth-order valence-corrected chi connectivity index (χ4v) is 3.08. The maximum atomic E-state index is 6.03. The van der Waals surface area contributed by atoms with Crippen LogP contribution in [0.2, 0.25) is 5.02 Å². The molecule has 0 bridgehead atoms. The molecular formula is C20H19Cl2N7. The lowest BCUT2D eigenvalue weighted by Gasteiger charge is -2.07. The third kappa shape index (κ3) is 4.36. The number of benzene rings is 1. The first kappa shape index (κ1) is 20.7. The number of hydrazone groups is 1. The van der Waals surface area contributed by atoms with E-state index < -0.39 is 0 Å². The summed E-state index contributed by atoms with van der Waals surface area (Å²) in [6.45, 7) is 5.83. The molecule has 0 saturated heterocycles. The largest absolute Gasteiger partial charge is 0.288 e. The summed E-state index contributed by atoms with van der Waals surface area (Å²) in [5, 5.41) is 5.93. The van der Waals surface area contributed by atoms with E-state index in [1.54, 1.807) is 18.3 Å². The molecule has 0 spiro atoms. The average molecular weight is 428 g/mol. The summed E-state index contributed by atoms with van der Waals surface area (Å²) in [7, 11) is 0. The molecule has 0 fully saturated rings. The Morgan fingerprint density at radius 3 is 2.62 bits per heavy atom. The predicted octanol–water partition coefficient (Wildman–Crippen LogP) is 4.74. The standard InChI is InChI=1S/C20H18ClN7.ClH/c1-12-10-28(14(3)25-12)19-7-4-15(9-22-19)13(2)26-27-20-17-6-5-16(21)8-18(17)23-11-24-20;/h4-11H,1-3H3,(H,23,24,27);1H/b26-13+;. The number of rotatable bonds is 4. The van der Waals surface area contributed by atoms with Gasteiger partial charge in [0.1, 0.15) is 18.0 Å². The number of imidazole rings is 1. The van der Waals surface area contributed by atoms with Gasteiger partial charge in [-0.1, -0.05) is 11.6 Å². The maximum absolute atomic E-state index is 6.03. The quantitative estimate of drug-likeness (QED) is 0.375. The molecule has 0 aliphatic carbocycles. The van der Waals surface area contributed by atoms with Crippen LogP contribution in [0.15, 0.2) is 54.2 Å². The van der Waals surface area contributed by atoms with Crippen LogP contribution in [0.3, 0.4) is 0 Å². The number of aromatic nitrogens is 5. The molecule has 29 heavy (non-hydrogen) atoms. The summed E-state index contributed by atoms with van der Waals surface area (Å²) in [5.74, 6) is 2.34. The van der Waals surface area contributed by atoms with Crippen LogP contribution >= 0.6 is 24.0 Å². The summed E-state index contributed by atoms with van der Waals surface area (Å²) in [6.07, 6.45) is 5.24. The molecule has 7 nitrogen and oxygen atoms in total. The van der Waals surface area contributed by atoms with Gasteiger partial charge in [0.2, 0.25) is 0 Å². The summed E-state index contributed by atoms with van der Waals surface area (Å²) in [5.41, 5.74) is 6.44. The smallest absolute Gasteiger partial charge is 0.157 e. The van der Waals surface area contributed by atoms with Crippen LogP contribution in [0.5, 0.6) is 0 Å². The number of hydrogen-bond acceptors (Lipinski definition) is 6. The van der Waals surface area contributed by atoms with Crippen molar-refractivity contribution >= 4 is 46.4 Å². The van der Waals surface area contributed by atoms with Crippen molar-refractivity contribution < 1.29 is 0 Å². The number of pyridine rings is 1. The minimum atomic E-state index is 0. The monoisotopic (exact) mass is 427 g/mol. The number of hydrogen-bond donors (Lipinski definition) is 1. The van der Waals surface area contributed by atoms with E-state index in [4.69, 9.17) is 11.6 Å². The Morgan fingerprint density at radius 1 is 1.10 bits per heavy atom. The highest BCUT2D eigenvalue weighted by molar-refractivity contribution is 6.31. The Kier molecular flexibility index (Phi) is 6.10. The molecule has 9 heteroatoms. The van der Waals surface area contributed by atoms with E-state index in [1.807, 2.05) is 49.7 Å². The van der Waals surface area contributed by atoms with Gasteiger partial charge in [-0.05, 0) is 51.1 Å². The summed E-state index contributed by atoms with van der Waals surface area (Å²) in [4.78, 5) is 17.4. The third-order valence-electron chi connectivity index (χ3n) is 4.34. The second-order valence-electron chi connectivity index (χ2n) is 6.40. The summed E-state index contributed by atoms with van der Waals surface area (Å²) in [6, 6.07) is 9.40. The van der Waals surface area contributed by atoms with Crippen LogP contribution in [-0.2, 0) is 0 Å². The Hall–Kier alpha value is -3.03. The van der Waals surface area contributed by atoms with Gasteiger partial charge in [0, 0.05) is 28.4 Å². The van der Waals surface area contributed by atoms with Gasteiger partial charge < -0.3 is 0 Å². The SMILES string of the molecule is C/C(=N\Nc1ncnc2cc(Cl)ccc12)c1ccc(-n2cc(C)nc2C)nc1.Cl. The van der Waals surface area contributed by atoms with E-state index in [0.29, 0.717) is 10.8 Å². The molecule has 0 unspecified atom stereocenters. The number of anilines is 1. The molecule has 0 amide bonds. The molecule has 0 aliphatic rings. The zero-order valence-electron chi connectivity index (χ0n) is 16.1. The van der Waals surface area contributed by atoms with Crippen molar-refractivity contribution in [3.63, 3.8) is 0 Å². The first-order chi connectivity index (χ1) is 13.5. The first-order valence-electron chi connectivity index (χ1n) is 8.71. The molecule has 3 heterocycles. The van der Waals surface area contributed by atoms with Crippen molar-refractivity contribution in [3.8, 4) is 5.82 Å². The summed E-state index contributed by atoms with van der Waals surface area (Å²) < 4.78 is 1.96. The van der Waals surface area contributed by atoms with Crippen LogP contribution in [0.1, 0.15) is 24.0 Å². The van der Waals surface area contributed by atoms with Gasteiger partial charge in [-0.15, -0.1) is 12.4 Å². The maximum Gasteiger partial charge on any atom is 0.157 e. The lowest BCUT2D eigenvalue weighted by atomic mass is 10.2. The van der Waals surface area contributed by atoms with Gasteiger partial charge in [-0.25, -0.2) is 19.9 Å². The lowest BCUT2D eigenvalue weighted by molar-refractivity contribution is 0.932. The number of nitrogens with zero attached hydrogens (tertiary/aromatic N) is 6. The molecule has 3 aromatic heterocycles. The molecule has 0 saturated carbocycles. The van der Waals surface area contributed by atoms with Crippen molar-refractivity contribution in [2.45, 2.75) is 20.8 Å². The fraction of sp³-hybridized carbons (Fsp3) is 0.150. The van der Waals surface area contributed by atoms with Crippen LogP contribution in [0.4, 0.5) is 5.82 Å². The second-order valence-corrected chi connectivity index (χ2v) is 6.83. The normalized spacial score (nSPS) is 11.4. The summed E-state index contributed by atoms with van der Waals surface area (Å²) >= 11 is 6.03. The Morgan fingerprint density at radius 2 is 1.93 bits per heavy atom. The predicted molar refractivity (Wildman–Crippen MR) is 118 cm³/mol. The van der Waals surface area contributed by atoms with E-state index in [0.717, 1.165) is 39.5 Å². The number of aryl methyl sites for hydroxylation is 2. The highest BCUT2D eigenvalue weighted by Gasteiger charge is 2.07. The van der Waals surface area contributed by atoms with E-state index in [-0.39, 0.29) is 12.4 Å². The minimum Gasteiger partial charge on any atom is -0.288 e. The highest BCUT2D eigenvalue weighted by atomic mass is 35.5. The third-order valence-corrected chi connectivity index (χ3v) is 4.58. The van der Waals surface area contributed by atoms with Crippen LogP contribution in [-0.4, -0.2) is 30.2 Å². The van der Waals surface area contributed by atoms with Gasteiger partial charge in [0.25, 0.3) is 0 Å². The Bertz CT molecular complexity index is 1180. The lowest BCUT2D eigenvalue weighted by Crippen LogP contribution is -2.04. The van der Waals surface area contributed by atoms with Crippen molar-refractivity contribution in [2.75, 3.05) is 5.43 Å². The first-order valence-corrected chi connectivity index (χ1v) is 9.09. The molecular weight excluding hydrogens is 409 g/mol.